The molecule has 2 aromatic rings. The molecule has 1 heterocycles. The summed E-state index contributed by atoms with van der Waals surface area (Å²) in [5, 5.41) is 0. The van der Waals surface area contributed by atoms with Gasteiger partial charge in [-0.25, -0.2) is 17.5 Å². The lowest BCUT2D eigenvalue weighted by atomic mass is 10.1. The van der Waals surface area contributed by atoms with Crippen LogP contribution >= 0.6 is 0 Å². The van der Waals surface area contributed by atoms with E-state index < -0.39 is 10.0 Å². The molecule has 0 atom stereocenters. The quantitative estimate of drug-likeness (QED) is 0.609. The standard InChI is InChI=1S/C23H30FN3O4S/c1-18-4-9-21(32(29,30)25-10-15-31-2)16-22(18)23(28)27-12-3-11-26(13-14-27)17-19-5-7-20(24)8-6-19/h4-9,16,25H,3,10-15,17H2,1-2H3. The minimum absolute atomic E-state index is 0.0651. The van der Waals surface area contributed by atoms with Gasteiger partial charge < -0.3 is 9.64 Å². The molecule has 2 aromatic carbocycles. The number of methoxy groups -OCH3 is 1. The zero-order valence-corrected chi connectivity index (χ0v) is 19.3. The molecular weight excluding hydrogens is 433 g/mol. The van der Waals surface area contributed by atoms with Crippen molar-refractivity contribution in [2.75, 3.05) is 46.4 Å². The molecule has 9 heteroatoms. The number of amides is 1. The number of nitrogens with zero attached hydrogens (tertiary/aromatic N) is 2. The lowest BCUT2D eigenvalue weighted by Gasteiger charge is -2.23. The Bertz CT molecular complexity index is 1030. The molecule has 1 aliphatic rings. The van der Waals surface area contributed by atoms with E-state index in [0.717, 1.165) is 24.1 Å². The summed E-state index contributed by atoms with van der Waals surface area (Å²) in [5.74, 6) is -0.421. The van der Waals surface area contributed by atoms with E-state index in [4.69, 9.17) is 4.74 Å². The van der Waals surface area contributed by atoms with Gasteiger partial charge in [0.25, 0.3) is 5.91 Å². The molecule has 0 saturated carbocycles. The van der Waals surface area contributed by atoms with Crippen LogP contribution in [0.3, 0.4) is 0 Å². The predicted octanol–water partition coefficient (Wildman–Crippen LogP) is 2.41. The number of hydrogen-bond acceptors (Lipinski definition) is 5. The van der Waals surface area contributed by atoms with Gasteiger partial charge in [-0.05, 0) is 48.7 Å². The van der Waals surface area contributed by atoms with Crippen LogP contribution in [0.5, 0.6) is 0 Å². The summed E-state index contributed by atoms with van der Waals surface area (Å²) in [6, 6.07) is 11.1. The highest BCUT2D eigenvalue weighted by atomic mass is 32.2. The maximum atomic E-state index is 13.2. The van der Waals surface area contributed by atoms with Gasteiger partial charge in [-0.1, -0.05) is 18.2 Å². The molecule has 3 rings (SSSR count). The number of nitrogens with one attached hydrogen (secondary N) is 1. The van der Waals surface area contributed by atoms with Gasteiger partial charge >= 0.3 is 0 Å². The normalized spacial score (nSPS) is 15.5. The van der Waals surface area contributed by atoms with E-state index in [9.17, 15) is 17.6 Å². The zero-order valence-electron chi connectivity index (χ0n) is 18.5. The van der Waals surface area contributed by atoms with Gasteiger partial charge in [-0.2, -0.15) is 0 Å². The predicted molar refractivity (Wildman–Crippen MR) is 120 cm³/mol. The van der Waals surface area contributed by atoms with Crippen LogP contribution in [0.15, 0.2) is 47.4 Å². The van der Waals surface area contributed by atoms with E-state index in [2.05, 4.69) is 9.62 Å². The van der Waals surface area contributed by atoms with Gasteiger partial charge in [0, 0.05) is 51.9 Å². The number of sulfonamides is 1. The van der Waals surface area contributed by atoms with E-state index >= 15 is 0 Å². The molecule has 1 aliphatic heterocycles. The Balaban J connectivity index is 1.68. The van der Waals surface area contributed by atoms with Crippen molar-refractivity contribution in [2.24, 2.45) is 0 Å². The summed E-state index contributed by atoms with van der Waals surface area (Å²) in [7, 11) is -2.23. The summed E-state index contributed by atoms with van der Waals surface area (Å²) < 4.78 is 45.6. The minimum atomic E-state index is -3.73. The van der Waals surface area contributed by atoms with Crippen molar-refractivity contribution in [1.82, 2.24) is 14.5 Å². The zero-order chi connectivity index (χ0) is 23.1. The Kier molecular flexibility index (Phi) is 8.36. The average Bonchev–Trinajstić information content (AvgIpc) is 3.01. The van der Waals surface area contributed by atoms with Gasteiger partial charge in [0.2, 0.25) is 10.0 Å². The summed E-state index contributed by atoms with van der Waals surface area (Å²) in [6.07, 6.45) is 0.808. The molecule has 174 valence electrons. The molecule has 0 aliphatic carbocycles. The molecule has 7 nitrogen and oxygen atoms in total. The Morgan fingerprint density at radius 1 is 1.09 bits per heavy atom. The topological polar surface area (TPSA) is 78.9 Å². The molecule has 1 N–H and O–H groups in total. The van der Waals surface area contributed by atoms with Crippen LogP contribution in [0.25, 0.3) is 0 Å². The molecule has 32 heavy (non-hydrogen) atoms. The smallest absolute Gasteiger partial charge is 0.254 e. The van der Waals surface area contributed by atoms with Gasteiger partial charge in [0.1, 0.15) is 5.82 Å². The first kappa shape index (κ1) is 24.3. The van der Waals surface area contributed by atoms with Crippen LogP contribution in [0, 0.1) is 12.7 Å². The fraction of sp³-hybridized carbons (Fsp3) is 0.435. The lowest BCUT2D eigenvalue weighted by Crippen LogP contribution is -2.35. The number of benzene rings is 2. The molecule has 0 aromatic heterocycles. The Morgan fingerprint density at radius 2 is 1.84 bits per heavy atom. The second-order valence-electron chi connectivity index (χ2n) is 7.92. The van der Waals surface area contributed by atoms with Crippen LogP contribution in [0.4, 0.5) is 4.39 Å². The van der Waals surface area contributed by atoms with Crippen molar-refractivity contribution < 1.29 is 22.3 Å². The van der Waals surface area contributed by atoms with Crippen LogP contribution in [0.1, 0.15) is 27.9 Å². The number of carbonyl (C=O) groups is 1. The summed E-state index contributed by atoms with van der Waals surface area (Å²) >= 11 is 0. The first-order chi connectivity index (χ1) is 15.3. The van der Waals surface area contributed by atoms with Crippen LogP contribution in [0.2, 0.25) is 0 Å². The molecule has 0 unspecified atom stereocenters. The van der Waals surface area contributed by atoms with E-state index in [1.54, 1.807) is 30.0 Å². The third-order valence-corrected chi connectivity index (χ3v) is 7.00. The van der Waals surface area contributed by atoms with E-state index in [1.165, 1.54) is 31.4 Å². The van der Waals surface area contributed by atoms with E-state index in [1.807, 2.05) is 0 Å². The maximum Gasteiger partial charge on any atom is 0.254 e. The second-order valence-corrected chi connectivity index (χ2v) is 9.68. The van der Waals surface area contributed by atoms with Crippen LogP contribution in [-0.2, 0) is 21.3 Å². The fourth-order valence-electron chi connectivity index (χ4n) is 3.71. The number of rotatable bonds is 8. The van der Waals surface area contributed by atoms with E-state index in [0.29, 0.717) is 31.7 Å². The summed E-state index contributed by atoms with van der Waals surface area (Å²) in [4.78, 5) is 17.3. The molecule has 1 amide bonds. The van der Waals surface area contributed by atoms with Crippen molar-refractivity contribution in [2.45, 2.75) is 24.8 Å². The summed E-state index contributed by atoms with van der Waals surface area (Å²) in [5.41, 5.74) is 2.16. The lowest BCUT2D eigenvalue weighted by molar-refractivity contribution is 0.0760. The van der Waals surface area contributed by atoms with Gasteiger partial charge in [-0.15, -0.1) is 0 Å². The maximum absolute atomic E-state index is 13.2. The molecule has 1 fully saturated rings. The number of hydrogen-bond donors (Lipinski definition) is 1. The van der Waals surface area contributed by atoms with Crippen molar-refractivity contribution in [3.8, 4) is 0 Å². The molecule has 1 saturated heterocycles. The first-order valence-electron chi connectivity index (χ1n) is 10.7. The Morgan fingerprint density at radius 3 is 2.56 bits per heavy atom. The fourth-order valence-corrected chi connectivity index (χ4v) is 4.75. The first-order valence-corrected chi connectivity index (χ1v) is 12.1. The van der Waals surface area contributed by atoms with Crippen LogP contribution in [-0.4, -0.2) is 70.6 Å². The largest absolute Gasteiger partial charge is 0.383 e. The van der Waals surface area contributed by atoms with Crippen molar-refractivity contribution >= 4 is 15.9 Å². The summed E-state index contributed by atoms with van der Waals surface area (Å²) in [6.45, 7) is 5.59. The number of halogens is 1. The Labute approximate surface area is 189 Å². The number of ether oxygens (including phenoxy) is 1. The van der Waals surface area contributed by atoms with E-state index in [-0.39, 0.29) is 29.8 Å². The highest BCUT2D eigenvalue weighted by Gasteiger charge is 2.24. The van der Waals surface area contributed by atoms with Crippen molar-refractivity contribution in [3.63, 3.8) is 0 Å². The van der Waals surface area contributed by atoms with Gasteiger partial charge in [0.15, 0.2) is 0 Å². The third kappa shape index (κ3) is 6.35. The molecule has 0 radical (unpaired) electrons. The van der Waals surface area contributed by atoms with Crippen molar-refractivity contribution in [1.29, 1.82) is 0 Å². The second kappa shape index (κ2) is 11.0. The molecular formula is C23H30FN3O4S. The minimum Gasteiger partial charge on any atom is -0.383 e. The molecule has 0 spiro atoms. The van der Waals surface area contributed by atoms with Gasteiger partial charge in [0.05, 0.1) is 11.5 Å². The van der Waals surface area contributed by atoms with Crippen LogP contribution < -0.4 is 4.72 Å². The molecule has 0 bridgehead atoms. The Hall–Kier alpha value is -2.33. The number of aryl methyl sites for hydroxylation is 1. The third-order valence-electron chi connectivity index (χ3n) is 5.54. The highest BCUT2D eigenvalue weighted by Crippen LogP contribution is 2.19. The SMILES string of the molecule is COCCNS(=O)(=O)c1ccc(C)c(C(=O)N2CCCN(Cc3ccc(F)cc3)CC2)c1. The highest BCUT2D eigenvalue weighted by molar-refractivity contribution is 7.89. The number of carbonyl (C=O) groups excluding carboxylic acids is 1. The average molecular weight is 464 g/mol. The monoisotopic (exact) mass is 463 g/mol. The van der Waals surface area contributed by atoms with Crippen molar-refractivity contribution in [3.05, 3.63) is 65.0 Å². The van der Waals surface area contributed by atoms with Gasteiger partial charge in [-0.3, -0.25) is 9.69 Å².